The van der Waals surface area contributed by atoms with Gasteiger partial charge in [0.15, 0.2) is 0 Å². The van der Waals surface area contributed by atoms with E-state index in [4.69, 9.17) is 15.6 Å². The first kappa shape index (κ1) is 12.7. The molecule has 1 aromatic rings. The topological polar surface area (TPSA) is 84.6 Å². The number of anilines is 2. The molecule has 2 unspecified atom stereocenters. The fraction of sp³-hybridized carbons (Fsp3) is 0.462. The Balaban J connectivity index is 2.20. The molecule has 1 fully saturated rings. The Morgan fingerprint density at radius 3 is 3.00 bits per heavy atom. The van der Waals surface area contributed by atoms with Crippen LogP contribution in [0.1, 0.15) is 30.1 Å². The minimum Gasteiger partial charge on any atom is -0.478 e. The van der Waals surface area contributed by atoms with Crippen molar-refractivity contribution >= 4 is 17.3 Å². The van der Waals surface area contributed by atoms with Crippen LogP contribution in [-0.4, -0.2) is 29.8 Å². The number of hydrogen-bond donors (Lipinski definition) is 3. The van der Waals surface area contributed by atoms with E-state index in [0.717, 1.165) is 12.8 Å². The van der Waals surface area contributed by atoms with Gasteiger partial charge in [0, 0.05) is 12.6 Å². The lowest BCUT2D eigenvalue weighted by molar-refractivity contribution is 0.0232. The quantitative estimate of drug-likeness (QED) is 0.714. The molecule has 98 valence electrons. The Hall–Kier alpha value is -1.75. The van der Waals surface area contributed by atoms with Crippen molar-refractivity contribution < 1.29 is 14.6 Å². The van der Waals surface area contributed by atoms with Gasteiger partial charge in [0.2, 0.25) is 0 Å². The molecule has 0 amide bonds. The highest BCUT2D eigenvalue weighted by Crippen LogP contribution is 2.27. The molecule has 2 atom stereocenters. The number of carbonyl (C=O) groups is 1. The average Bonchev–Trinajstić information content (AvgIpc) is 2.31. The normalized spacial score (nSPS) is 23.6. The van der Waals surface area contributed by atoms with Gasteiger partial charge in [0.05, 0.1) is 23.0 Å². The number of aromatic carboxylic acids is 1. The molecule has 5 nitrogen and oxygen atoms in total. The first-order valence-electron chi connectivity index (χ1n) is 6.08. The molecule has 0 aliphatic carbocycles. The second-order valence-electron chi connectivity index (χ2n) is 4.62. The van der Waals surface area contributed by atoms with E-state index >= 15 is 0 Å². The maximum atomic E-state index is 11.2. The fourth-order valence-corrected chi connectivity index (χ4v) is 2.24. The van der Waals surface area contributed by atoms with Crippen molar-refractivity contribution in [1.29, 1.82) is 0 Å². The minimum absolute atomic E-state index is 0.189. The smallest absolute Gasteiger partial charge is 0.337 e. The van der Waals surface area contributed by atoms with Crippen molar-refractivity contribution in [3.8, 4) is 0 Å². The van der Waals surface area contributed by atoms with Crippen LogP contribution in [0.5, 0.6) is 0 Å². The summed E-state index contributed by atoms with van der Waals surface area (Å²) in [7, 11) is 0. The highest BCUT2D eigenvalue weighted by atomic mass is 16.5. The van der Waals surface area contributed by atoms with Crippen LogP contribution in [-0.2, 0) is 4.74 Å². The zero-order valence-corrected chi connectivity index (χ0v) is 10.3. The van der Waals surface area contributed by atoms with Gasteiger partial charge in [-0.15, -0.1) is 0 Å². The molecule has 5 heteroatoms. The summed E-state index contributed by atoms with van der Waals surface area (Å²) in [6.07, 6.45) is 1.90. The van der Waals surface area contributed by atoms with Crippen molar-refractivity contribution in [1.82, 2.24) is 0 Å². The third-order valence-corrected chi connectivity index (χ3v) is 3.16. The molecule has 0 aromatic heterocycles. The summed E-state index contributed by atoms with van der Waals surface area (Å²) >= 11 is 0. The summed E-state index contributed by atoms with van der Waals surface area (Å²) in [5.74, 6) is -0.968. The lowest BCUT2D eigenvalue weighted by Crippen LogP contribution is -2.33. The highest BCUT2D eigenvalue weighted by molar-refractivity contribution is 5.97. The van der Waals surface area contributed by atoms with Gasteiger partial charge in [-0.2, -0.15) is 0 Å². The third-order valence-electron chi connectivity index (χ3n) is 3.16. The zero-order valence-electron chi connectivity index (χ0n) is 10.3. The third kappa shape index (κ3) is 2.73. The molecular formula is C13H18N2O3. The van der Waals surface area contributed by atoms with E-state index in [1.54, 1.807) is 18.2 Å². The lowest BCUT2D eigenvalue weighted by atomic mass is 10.0. The number of carboxylic acid groups (broad SMARTS) is 1. The number of hydrogen-bond acceptors (Lipinski definition) is 4. The van der Waals surface area contributed by atoms with Crippen LogP contribution in [0.25, 0.3) is 0 Å². The van der Waals surface area contributed by atoms with E-state index in [-0.39, 0.29) is 17.7 Å². The van der Waals surface area contributed by atoms with Crippen molar-refractivity contribution in [2.45, 2.75) is 31.9 Å². The fourth-order valence-electron chi connectivity index (χ4n) is 2.24. The molecule has 1 aliphatic heterocycles. The molecule has 1 aliphatic rings. The van der Waals surface area contributed by atoms with E-state index < -0.39 is 5.97 Å². The molecule has 2 rings (SSSR count). The van der Waals surface area contributed by atoms with Gasteiger partial charge in [0.1, 0.15) is 0 Å². The van der Waals surface area contributed by atoms with E-state index in [1.165, 1.54) is 0 Å². The Morgan fingerprint density at radius 2 is 2.33 bits per heavy atom. The number of nitrogens with two attached hydrogens (primary N) is 1. The molecule has 0 saturated carbocycles. The first-order valence-corrected chi connectivity index (χ1v) is 6.08. The predicted molar refractivity (Wildman–Crippen MR) is 69.9 cm³/mol. The SMILES string of the molecule is CC1CC(Nc2c(N)cccc2C(=O)O)CCO1. The summed E-state index contributed by atoms with van der Waals surface area (Å²) in [5.41, 5.74) is 7.06. The van der Waals surface area contributed by atoms with E-state index in [1.807, 2.05) is 6.92 Å². The van der Waals surface area contributed by atoms with Crippen LogP contribution in [0.2, 0.25) is 0 Å². The Morgan fingerprint density at radius 1 is 1.56 bits per heavy atom. The van der Waals surface area contributed by atoms with Crippen molar-refractivity contribution in [2.24, 2.45) is 0 Å². The van der Waals surface area contributed by atoms with Crippen LogP contribution >= 0.6 is 0 Å². The molecule has 0 radical (unpaired) electrons. The van der Waals surface area contributed by atoms with Crippen LogP contribution in [0.15, 0.2) is 18.2 Å². The largest absolute Gasteiger partial charge is 0.478 e. The highest BCUT2D eigenvalue weighted by Gasteiger charge is 2.22. The molecule has 1 heterocycles. The Bertz CT molecular complexity index is 448. The Labute approximate surface area is 106 Å². The molecule has 1 saturated heterocycles. The maximum Gasteiger partial charge on any atom is 0.337 e. The summed E-state index contributed by atoms with van der Waals surface area (Å²) in [5, 5.41) is 12.4. The number of nitrogens with one attached hydrogen (secondary N) is 1. The standard InChI is InChI=1S/C13H18N2O3/c1-8-7-9(5-6-18-8)15-12-10(13(16)17)3-2-4-11(12)14/h2-4,8-9,15H,5-7,14H2,1H3,(H,16,17). The predicted octanol–water partition coefficient (Wildman–Crippen LogP) is 1.95. The monoisotopic (exact) mass is 250 g/mol. The first-order chi connectivity index (χ1) is 8.58. The van der Waals surface area contributed by atoms with Gasteiger partial charge in [-0.05, 0) is 31.9 Å². The molecular weight excluding hydrogens is 232 g/mol. The number of para-hydroxylation sites is 1. The van der Waals surface area contributed by atoms with Gasteiger partial charge < -0.3 is 20.9 Å². The van der Waals surface area contributed by atoms with Gasteiger partial charge in [0.25, 0.3) is 0 Å². The summed E-state index contributed by atoms with van der Waals surface area (Å²) < 4.78 is 5.47. The van der Waals surface area contributed by atoms with Crippen LogP contribution in [0, 0.1) is 0 Å². The number of nitrogen functional groups attached to an aromatic ring is 1. The zero-order chi connectivity index (χ0) is 13.1. The van der Waals surface area contributed by atoms with E-state index in [0.29, 0.717) is 18.0 Å². The van der Waals surface area contributed by atoms with Crippen molar-refractivity contribution in [3.63, 3.8) is 0 Å². The van der Waals surface area contributed by atoms with Crippen molar-refractivity contribution in [3.05, 3.63) is 23.8 Å². The Kier molecular flexibility index (Phi) is 3.72. The molecule has 0 bridgehead atoms. The molecule has 0 spiro atoms. The van der Waals surface area contributed by atoms with Crippen molar-refractivity contribution in [2.75, 3.05) is 17.7 Å². The minimum atomic E-state index is -0.968. The summed E-state index contributed by atoms with van der Waals surface area (Å²) in [4.78, 5) is 11.2. The van der Waals surface area contributed by atoms with Gasteiger partial charge >= 0.3 is 5.97 Å². The molecule has 18 heavy (non-hydrogen) atoms. The maximum absolute atomic E-state index is 11.2. The second-order valence-corrected chi connectivity index (χ2v) is 4.62. The van der Waals surface area contributed by atoms with Crippen LogP contribution in [0.3, 0.4) is 0 Å². The van der Waals surface area contributed by atoms with Crippen LogP contribution < -0.4 is 11.1 Å². The van der Waals surface area contributed by atoms with Gasteiger partial charge in [-0.3, -0.25) is 0 Å². The van der Waals surface area contributed by atoms with E-state index in [2.05, 4.69) is 5.32 Å². The number of ether oxygens (including phenoxy) is 1. The van der Waals surface area contributed by atoms with Gasteiger partial charge in [-0.25, -0.2) is 4.79 Å². The number of rotatable bonds is 3. The number of carboxylic acids is 1. The summed E-state index contributed by atoms with van der Waals surface area (Å²) in [6, 6.07) is 5.12. The lowest BCUT2D eigenvalue weighted by Gasteiger charge is -2.29. The van der Waals surface area contributed by atoms with E-state index in [9.17, 15) is 4.79 Å². The molecule has 1 aromatic carbocycles. The number of benzene rings is 1. The molecule has 4 N–H and O–H groups in total. The second kappa shape index (κ2) is 5.27. The average molecular weight is 250 g/mol. The summed E-state index contributed by atoms with van der Waals surface area (Å²) in [6.45, 7) is 2.70. The van der Waals surface area contributed by atoms with Gasteiger partial charge in [-0.1, -0.05) is 6.07 Å². The van der Waals surface area contributed by atoms with Crippen LogP contribution in [0.4, 0.5) is 11.4 Å².